The Kier molecular flexibility index (Phi) is 4.34. The number of hydrogen-bond donors (Lipinski definition) is 1. The van der Waals surface area contributed by atoms with Gasteiger partial charge in [-0.05, 0) is 62.4 Å². The second-order valence-electron chi connectivity index (χ2n) is 7.31. The maximum Gasteiger partial charge on any atom is 0.0314 e. The highest BCUT2D eigenvalue weighted by molar-refractivity contribution is 5.88. The molecule has 0 heterocycles. The normalized spacial score (nSPS) is 10.9. The van der Waals surface area contributed by atoms with E-state index in [9.17, 15) is 0 Å². The van der Waals surface area contributed by atoms with Crippen LogP contribution in [-0.2, 0) is 0 Å². The first-order valence-corrected chi connectivity index (χ1v) is 9.82. The molecule has 5 aromatic rings. The van der Waals surface area contributed by atoms with Crippen molar-refractivity contribution in [1.82, 2.24) is 0 Å². The predicted molar refractivity (Wildman–Crippen MR) is 125 cm³/mol. The van der Waals surface area contributed by atoms with E-state index in [1.165, 1.54) is 44.2 Å². The fraction of sp³-hybridized carbons (Fsp3) is 0. The number of nitrogens with two attached hydrogens (primary N) is 1. The van der Waals surface area contributed by atoms with Crippen LogP contribution in [0, 0.1) is 0 Å². The minimum atomic E-state index is 0.783. The molecule has 0 spiro atoms. The van der Waals surface area contributed by atoms with Crippen molar-refractivity contribution in [1.29, 1.82) is 0 Å². The molecule has 0 aliphatic heterocycles. The van der Waals surface area contributed by atoms with Gasteiger partial charge in [-0.1, -0.05) is 97.1 Å². The molecule has 0 aliphatic rings. The molecule has 0 radical (unpaired) electrons. The lowest BCUT2D eigenvalue weighted by atomic mass is 9.93. The van der Waals surface area contributed by atoms with Gasteiger partial charge in [0.15, 0.2) is 0 Å². The minimum Gasteiger partial charge on any atom is -0.399 e. The SMILES string of the molecule is Nc1ccc(-c2ccccc2-c2ccc(-c3ccc4ccccc4c3)cc2)cc1. The molecule has 1 nitrogen and oxygen atoms in total. The van der Waals surface area contributed by atoms with Crippen LogP contribution in [0.5, 0.6) is 0 Å². The number of benzene rings is 5. The maximum absolute atomic E-state index is 5.86. The van der Waals surface area contributed by atoms with Gasteiger partial charge in [0.2, 0.25) is 0 Å². The van der Waals surface area contributed by atoms with Gasteiger partial charge in [-0.25, -0.2) is 0 Å². The van der Waals surface area contributed by atoms with Crippen LogP contribution in [0.3, 0.4) is 0 Å². The molecule has 0 atom stereocenters. The quantitative estimate of drug-likeness (QED) is 0.328. The van der Waals surface area contributed by atoms with Gasteiger partial charge in [-0.2, -0.15) is 0 Å². The first-order valence-electron chi connectivity index (χ1n) is 9.82. The molecule has 0 aliphatic carbocycles. The number of hydrogen-bond acceptors (Lipinski definition) is 1. The lowest BCUT2D eigenvalue weighted by Gasteiger charge is -2.11. The van der Waals surface area contributed by atoms with Crippen molar-refractivity contribution in [3.63, 3.8) is 0 Å². The first kappa shape index (κ1) is 17.3. The van der Waals surface area contributed by atoms with Gasteiger partial charge in [-0.3, -0.25) is 0 Å². The summed E-state index contributed by atoms with van der Waals surface area (Å²) in [7, 11) is 0. The molecule has 0 bridgehead atoms. The third-order valence-electron chi connectivity index (χ3n) is 5.43. The van der Waals surface area contributed by atoms with Crippen molar-refractivity contribution in [2.24, 2.45) is 0 Å². The molecule has 29 heavy (non-hydrogen) atoms. The van der Waals surface area contributed by atoms with E-state index < -0.39 is 0 Å². The molecule has 138 valence electrons. The topological polar surface area (TPSA) is 26.0 Å². The molecule has 5 aromatic carbocycles. The zero-order valence-electron chi connectivity index (χ0n) is 16.0. The highest BCUT2D eigenvalue weighted by Gasteiger charge is 2.08. The van der Waals surface area contributed by atoms with E-state index in [0.29, 0.717) is 0 Å². The van der Waals surface area contributed by atoms with Crippen LogP contribution >= 0.6 is 0 Å². The van der Waals surface area contributed by atoms with E-state index in [1.807, 2.05) is 12.1 Å². The van der Waals surface area contributed by atoms with Gasteiger partial charge < -0.3 is 5.73 Å². The van der Waals surface area contributed by atoms with E-state index in [0.717, 1.165) is 5.69 Å². The van der Waals surface area contributed by atoms with Gasteiger partial charge in [0.25, 0.3) is 0 Å². The monoisotopic (exact) mass is 371 g/mol. The molecule has 0 fully saturated rings. The Morgan fingerprint density at radius 1 is 0.379 bits per heavy atom. The van der Waals surface area contributed by atoms with Gasteiger partial charge in [-0.15, -0.1) is 0 Å². The Morgan fingerprint density at radius 2 is 0.862 bits per heavy atom. The summed E-state index contributed by atoms with van der Waals surface area (Å²) in [6.07, 6.45) is 0. The maximum atomic E-state index is 5.86. The Hall–Kier alpha value is -3.84. The molecule has 2 N–H and O–H groups in total. The fourth-order valence-corrected chi connectivity index (χ4v) is 3.86. The minimum absolute atomic E-state index is 0.783. The van der Waals surface area contributed by atoms with Gasteiger partial charge in [0.1, 0.15) is 0 Å². The average molecular weight is 371 g/mol. The Balaban J connectivity index is 1.53. The predicted octanol–water partition coefficient (Wildman–Crippen LogP) is 7.42. The van der Waals surface area contributed by atoms with E-state index in [-0.39, 0.29) is 0 Å². The first-order chi connectivity index (χ1) is 14.3. The van der Waals surface area contributed by atoms with Crippen LogP contribution < -0.4 is 5.73 Å². The van der Waals surface area contributed by atoms with Crippen molar-refractivity contribution >= 4 is 16.5 Å². The van der Waals surface area contributed by atoms with Crippen molar-refractivity contribution in [2.75, 3.05) is 5.73 Å². The Morgan fingerprint density at radius 3 is 1.52 bits per heavy atom. The Labute approximate surface area is 171 Å². The third-order valence-corrected chi connectivity index (χ3v) is 5.43. The summed E-state index contributed by atoms with van der Waals surface area (Å²) < 4.78 is 0. The largest absolute Gasteiger partial charge is 0.399 e. The van der Waals surface area contributed by atoms with Crippen LogP contribution in [0.4, 0.5) is 5.69 Å². The van der Waals surface area contributed by atoms with Crippen molar-refractivity contribution in [3.05, 3.63) is 115 Å². The number of nitrogen functional groups attached to an aromatic ring is 1. The van der Waals surface area contributed by atoms with Gasteiger partial charge in [0, 0.05) is 5.69 Å². The van der Waals surface area contributed by atoms with Crippen LogP contribution in [0.2, 0.25) is 0 Å². The highest BCUT2D eigenvalue weighted by Crippen LogP contribution is 2.34. The molecule has 0 unspecified atom stereocenters. The molecular weight excluding hydrogens is 350 g/mol. The summed E-state index contributed by atoms with van der Waals surface area (Å²) in [6, 6.07) is 40.5. The number of rotatable bonds is 3. The lowest BCUT2D eigenvalue weighted by molar-refractivity contribution is 1.57. The summed E-state index contributed by atoms with van der Waals surface area (Å²) >= 11 is 0. The third kappa shape index (κ3) is 3.39. The van der Waals surface area contributed by atoms with Crippen LogP contribution in [0.25, 0.3) is 44.2 Å². The summed E-state index contributed by atoms with van der Waals surface area (Å²) in [4.78, 5) is 0. The van der Waals surface area contributed by atoms with Gasteiger partial charge >= 0.3 is 0 Å². The molecule has 0 saturated heterocycles. The van der Waals surface area contributed by atoms with E-state index in [1.54, 1.807) is 0 Å². The number of fused-ring (bicyclic) bond motifs is 1. The zero-order chi connectivity index (χ0) is 19.6. The molecule has 0 amide bonds. The second kappa shape index (κ2) is 7.29. The zero-order valence-corrected chi connectivity index (χ0v) is 16.0. The average Bonchev–Trinajstić information content (AvgIpc) is 2.79. The molecular formula is C28H21N. The summed E-state index contributed by atoms with van der Waals surface area (Å²) in [5, 5.41) is 2.54. The number of anilines is 1. The van der Waals surface area contributed by atoms with Crippen LogP contribution in [0.15, 0.2) is 115 Å². The second-order valence-corrected chi connectivity index (χ2v) is 7.31. The van der Waals surface area contributed by atoms with E-state index >= 15 is 0 Å². The molecule has 0 saturated carbocycles. The van der Waals surface area contributed by atoms with Crippen molar-refractivity contribution < 1.29 is 0 Å². The van der Waals surface area contributed by atoms with E-state index in [4.69, 9.17) is 5.73 Å². The van der Waals surface area contributed by atoms with Crippen LogP contribution in [0.1, 0.15) is 0 Å². The molecule has 5 rings (SSSR count). The smallest absolute Gasteiger partial charge is 0.0314 e. The molecule has 1 heteroatoms. The van der Waals surface area contributed by atoms with Gasteiger partial charge in [0.05, 0.1) is 0 Å². The van der Waals surface area contributed by atoms with E-state index in [2.05, 4.69) is 103 Å². The summed E-state index contributed by atoms with van der Waals surface area (Å²) in [6.45, 7) is 0. The summed E-state index contributed by atoms with van der Waals surface area (Å²) in [5.41, 5.74) is 13.9. The van der Waals surface area contributed by atoms with Crippen molar-refractivity contribution in [3.8, 4) is 33.4 Å². The van der Waals surface area contributed by atoms with Crippen molar-refractivity contribution in [2.45, 2.75) is 0 Å². The Bertz CT molecular complexity index is 1280. The highest BCUT2D eigenvalue weighted by atomic mass is 14.5. The summed E-state index contributed by atoms with van der Waals surface area (Å²) in [5.74, 6) is 0. The molecule has 0 aromatic heterocycles. The lowest BCUT2D eigenvalue weighted by Crippen LogP contribution is -1.87. The standard InChI is InChI=1S/C28H21N/c29-26-17-15-23(16-18-26)28-8-4-3-7-27(28)22-12-9-21(10-13-22)25-14-11-20-5-1-2-6-24(20)19-25/h1-19H,29H2. The fourth-order valence-electron chi connectivity index (χ4n) is 3.86. The van der Waals surface area contributed by atoms with Crippen LogP contribution in [-0.4, -0.2) is 0 Å².